The maximum atomic E-state index is 3.79. The average Bonchev–Trinajstić information content (AvgIpc) is 1.78. The highest BCUT2D eigenvalue weighted by Crippen LogP contribution is 2.43. The molecule has 0 bridgehead atoms. The fourth-order valence-electron chi connectivity index (χ4n) is 1.48. The van der Waals surface area contributed by atoms with Crippen molar-refractivity contribution in [2.75, 3.05) is 0 Å². The highest BCUT2D eigenvalue weighted by atomic mass is 79.9. The van der Waals surface area contributed by atoms with Crippen LogP contribution in [-0.4, -0.2) is 14.1 Å². The highest BCUT2D eigenvalue weighted by Gasteiger charge is 2.42. The maximum absolute atomic E-state index is 3.79. The standard InChI is InChI=1S/C6H14Br2Si2/c1-2-3-4-9-5-10(7,8)6-9/h9H,2-6H2,1H3. The van der Waals surface area contributed by atoms with Crippen LogP contribution in [0.15, 0.2) is 0 Å². The Labute approximate surface area is 81.6 Å². The highest BCUT2D eigenvalue weighted by molar-refractivity contribution is 9.51. The number of hydrogen-bond donors (Lipinski definition) is 0. The molecule has 0 aliphatic carbocycles. The molecule has 0 N–H and O–H groups in total. The Morgan fingerprint density at radius 2 is 2.00 bits per heavy atom. The molecule has 0 unspecified atom stereocenters. The molecule has 1 saturated heterocycles. The van der Waals surface area contributed by atoms with E-state index in [1.807, 2.05) is 0 Å². The van der Waals surface area contributed by atoms with Crippen molar-refractivity contribution in [2.24, 2.45) is 0 Å². The van der Waals surface area contributed by atoms with Crippen LogP contribution in [0.25, 0.3) is 0 Å². The Hall–Kier alpha value is 1.39. The lowest BCUT2D eigenvalue weighted by atomic mass is 10.4. The summed E-state index contributed by atoms with van der Waals surface area (Å²) in [5.74, 6) is 0. The molecule has 0 saturated carbocycles. The van der Waals surface area contributed by atoms with E-state index in [9.17, 15) is 0 Å². The van der Waals surface area contributed by atoms with Gasteiger partial charge >= 0.3 is 0 Å². The van der Waals surface area contributed by atoms with Gasteiger partial charge < -0.3 is 0 Å². The minimum absolute atomic E-state index is 0.175. The van der Waals surface area contributed by atoms with Gasteiger partial charge in [-0.25, -0.2) is 0 Å². The molecule has 4 heteroatoms. The summed E-state index contributed by atoms with van der Waals surface area (Å²) in [5, 5.41) is -0.877. The van der Waals surface area contributed by atoms with Crippen LogP contribution in [0.4, 0.5) is 0 Å². The van der Waals surface area contributed by atoms with E-state index in [4.69, 9.17) is 0 Å². The van der Waals surface area contributed by atoms with Crippen LogP contribution in [0.3, 0.4) is 0 Å². The third-order valence-electron chi connectivity index (χ3n) is 2.14. The predicted molar refractivity (Wildman–Crippen MR) is 60.1 cm³/mol. The third-order valence-corrected chi connectivity index (χ3v) is 24.4. The van der Waals surface area contributed by atoms with E-state index >= 15 is 0 Å². The predicted octanol–water partition coefficient (Wildman–Crippen LogP) is 3.34. The first-order valence-corrected chi connectivity index (χ1v) is 13.4. The van der Waals surface area contributed by atoms with Gasteiger partial charge in [0.2, 0.25) is 0 Å². The quantitative estimate of drug-likeness (QED) is 0.554. The lowest BCUT2D eigenvalue weighted by Crippen LogP contribution is -2.43. The van der Waals surface area contributed by atoms with Crippen LogP contribution < -0.4 is 0 Å². The van der Waals surface area contributed by atoms with E-state index in [0.717, 1.165) is 0 Å². The van der Waals surface area contributed by atoms with E-state index in [1.165, 1.54) is 12.8 Å². The van der Waals surface area contributed by atoms with Crippen molar-refractivity contribution in [3.05, 3.63) is 0 Å². The zero-order chi connectivity index (χ0) is 7.61. The molecule has 0 nitrogen and oxygen atoms in total. The summed E-state index contributed by atoms with van der Waals surface area (Å²) in [5.41, 5.74) is 3.18. The van der Waals surface area contributed by atoms with Gasteiger partial charge in [-0.1, -0.05) is 25.8 Å². The molecule has 1 aliphatic rings. The second-order valence-corrected chi connectivity index (χ2v) is 22.9. The number of rotatable bonds is 3. The topological polar surface area (TPSA) is 0 Å². The molecule has 0 spiro atoms. The van der Waals surface area contributed by atoms with Crippen molar-refractivity contribution in [3.8, 4) is 0 Å². The monoisotopic (exact) mass is 300 g/mol. The molecule has 0 aromatic carbocycles. The largest absolute Gasteiger partial charge is 0.195 e. The summed E-state index contributed by atoms with van der Waals surface area (Å²) < 4.78 is 0. The van der Waals surface area contributed by atoms with E-state index in [-0.39, 0.29) is 8.80 Å². The van der Waals surface area contributed by atoms with Gasteiger partial charge in [-0.15, -0.1) is 30.6 Å². The molecule has 1 rings (SSSR count). The minimum atomic E-state index is -0.877. The molecule has 0 aromatic rings. The summed E-state index contributed by atoms with van der Waals surface area (Å²) in [6.45, 7) is 2.29. The van der Waals surface area contributed by atoms with E-state index in [2.05, 4.69) is 37.5 Å². The van der Waals surface area contributed by atoms with E-state index in [0.29, 0.717) is 0 Å². The first kappa shape index (κ1) is 9.48. The van der Waals surface area contributed by atoms with Crippen LogP contribution in [0, 0.1) is 0 Å². The SMILES string of the molecule is CCCC[SiH]1C[Si](Br)(Br)C1. The molecule has 0 aromatic heterocycles. The molecular weight excluding hydrogens is 288 g/mol. The smallest absolute Gasteiger partial charge is 0.112 e. The van der Waals surface area contributed by atoms with Gasteiger partial charge in [0.25, 0.3) is 0 Å². The van der Waals surface area contributed by atoms with Crippen LogP contribution >= 0.6 is 30.6 Å². The zero-order valence-electron chi connectivity index (χ0n) is 6.37. The second-order valence-electron chi connectivity index (χ2n) is 3.27. The molecule has 1 aliphatic heterocycles. The van der Waals surface area contributed by atoms with Gasteiger partial charge in [0.15, 0.2) is 5.31 Å². The fourth-order valence-corrected chi connectivity index (χ4v) is 26.9. The maximum Gasteiger partial charge on any atom is 0.195 e. The van der Waals surface area contributed by atoms with E-state index in [1.54, 1.807) is 17.4 Å². The normalized spacial score (nSPS) is 24.3. The van der Waals surface area contributed by atoms with Crippen molar-refractivity contribution in [2.45, 2.75) is 37.1 Å². The first-order chi connectivity index (χ1) is 4.64. The molecule has 1 heterocycles. The molecule has 0 atom stereocenters. The van der Waals surface area contributed by atoms with Gasteiger partial charge in [0.05, 0.1) is 0 Å². The third kappa shape index (κ3) is 2.79. The second kappa shape index (κ2) is 3.87. The molecule has 0 amide bonds. The summed E-state index contributed by atoms with van der Waals surface area (Å²) in [4.78, 5) is 0. The average molecular weight is 302 g/mol. The van der Waals surface area contributed by atoms with Crippen molar-refractivity contribution in [3.63, 3.8) is 0 Å². The molecule has 1 fully saturated rings. The Bertz CT molecular complexity index is 108. The lowest BCUT2D eigenvalue weighted by Gasteiger charge is -2.35. The number of unbranched alkanes of at least 4 members (excludes halogenated alkanes) is 1. The van der Waals surface area contributed by atoms with Crippen molar-refractivity contribution in [1.29, 1.82) is 0 Å². The molecule has 60 valence electrons. The molecule has 10 heavy (non-hydrogen) atoms. The minimum Gasteiger partial charge on any atom is -0.112 e. The summed E-state index contributed by atoms with van der Waals surface area (Å²) >= 11 is 7.57. The van der Waals surface area contributed by atoms with Crippen LogP contribution in [0.5, 0.6) is 0 Å². The van der Waals surface area contributed by atoms with Crippen LogP contribution in [0.1, 0.15) is 19.8 Å². The van der Waals surface area contributed by atoms with Gasteiger partial charge in [-0.2, -0.15) is 0 Å². The van der Waals surface area contributed by atoms with Crippen LogP contribution in [0.2, 0.25) is 17.4 Å². The molecular formula is C6H14Br2Si2. The summed E-state index contributed by atoms with van der Waals surface area (Å²) in [7, 11) is -0.175. The Balaban J connectivity index is 2.03. The molecule has 0 radical (unpaired) electrons. The Morgan fingerprint density at radius 1 is 1.40 bits per heavy atom. The Morgan fingerprint density at radius 3 is 2.40 bits per heavy atom. The lowest BCUT2D eigenvalue weighted by molar-refractivity contribution is 0.871. The Kier molecular flexibility index (Phi) is 3.67. The van der Waals surface area contributed by atoms with Gasteiger partial charge in [0.1, 0.15) is 0 Å². The van der Waals surface area contributed by atoms with E-state index < -0.39 is 5.31 Å². The van der Waals surface area contributed by atoms with Gasteiger partial charge in [-0.05, 0) is 11.3 Å². The van der Waals surface area contributed by atoms with Crippen molar-refractivity contribution in [1.82, 2.24) is 0 Å². The summed E-state index contributed by atoms with van der Waals surface area (Å²) in [6, 6.07) is 1.60. The number of halogens is 2. The first-order valence-electron chi connectivity index (χ1n) is 4.02. The number of hydrogen-bond acceptors (Lipinski definition) is 0. The van der Waals surface area contributed by atoms with Crippen molar-refractivity contribution >= 4 is 44.7 Å². The van der Waals surface area contributed by atoms with Crippen LogP contribution in [-0.2, 0) is 0 Å². The zero-order valence-corrected chi connectivity index (χ0v) is 11.7. The van der Waals surface area contributed by atoms with Gasteiger partial charge in [-0.3, -0.25) is 0 Å². The fraction of sp³-hybridized carbons (Fsp3) is 1.00. The van der Waals surface area contributed by atoms with Gasteiger partial charge in [0, 0.05) is 8.80 Å². The summed E-state index contributed by atoms with van der Waals surface area (Å²) in [6.07, 6.45) is 2.88. The van der Waals surface area contributed by atoms with Crippen molar-refractivity contribution < 1.29 is 0 Å².